The Kier molecular flexibility index (Phi) is 15.0. The Morgan fingerprint density at radius 3 is 2.39 bits per heavy atom. The number of nitrogens with two attached hydrogens (primary N) is 2. The molecule has 0 saturated carbocycles. The quantitative estimate of drug-likeness (QED) is 0.101. The van der Waals surface area contributed by atoms with Gasteiger partial charge in [0.2, 0.25) is 23.6 Å². The number of fused-ring (bicyclic) bond motifs is 5. The molecule has 3 aromatic carbocycles. The topological polar surface area (TPSA) is 268 Å². The molecule has 2 heterocycles. The standard InChI is InChI=1S/C45H54N10O7/c1-25-33(24-50-39(51-25)28-8-11-30(12-9-28)45(3,4)5)41(58)53-34(15-16-46)44(61)55(6)38-29-10-13-36(56)31(23-29)32-21-27(7-14-37(32)62-20-18-48)22-35(42(59)49-19-17-47)54-40(57)26(2)52-43(38)60/h7-14,21,23-24,26,34-35,38,56H,15-16,18-20,22,46,48H2,1-6H3,(H,49,59)(H,52,60)(H,53,58)(H,54,57). The lowest BCUT2D eigenvalue weighted by Gasteiger charge is -2.32. The number of carbonyl (C=O) groups is 5. The number of nitrogens with zero attached hydrogens (tertiary/aromatic N) is 4. The number of amides is 5. The molecule has 17 heteroatoms. The first kappa shape index (κ1) is 46.2. The van der Waals surface area contributed by atoms with Crippen molar-refractivity contribution >= 4 is 29.5 Å². The molecular weight excluding hydrogens is 793 g/mol. The number of aromatic nitrogens is 2. The predicted octanol–water partition coefficient (Wildman–Crippen LogP) is 2.29. The summed E-state index contributed by atoms with van der Waals surface area (Å²) in [4.78, 5) is 79.6. The number of aromatic hydroxyl groups is 1. The summed E-state index contributed by atoms with van der Waals surface area (Å²) in [6.07, 6.45) is 1.36. The van der Waals surface area contributed by atoms with Gasteiger partial charge in [0.25, 0.3) is 5.91 Å². The number of hydrogen-bond acceptors (Lipinski definition) is 12. The molecule has 4 aromatic rings. The first-order valence-corrected chi connectivity index (χ1v) is 20.2. The second-order valence-corrected chi connectivity index (χ2v) is 16.1. The van der Waals surface area contributed by atoms with E-state index in [1.807, 2.05) is 30.3 Å². The van der Waals surface area contributed by atoms with Crippen molar-refractivity contribution in [2.45, 2.75) is 77.0 Å². The van der Waals surface area contributed by atoms with E-state index in [9.17, 15) is 29.1 Å². The molecule has 4 atom stereocenters. The molecule has 5 amide bonds. The van der Waals surface area contributed by atoms with Gasteiger partial charge in [-0.15, -0.1) is 0 Å². The van der Waals surface area contributed by atoms with Crippen molar-refractivity contribution in [1.29, 1.82) is 5.26 Å². The molecule has 17 nitrogen and oxygen atoms in total. The smallest absolute Gasteiger partial charge is 0.255 e. The first-order valence-electron chi connectivity index (χ1n) is 20.2. The second kappa shape index (κ2) is 20.1. The predicted molar refractivity (Wildman–Crippen MR) is 231 cm³/mol. The van der Waals surface area contributed by atoms with E-state index in [1.165, 1.54) is 38.4 Å². The Morgan fingerprint density at radius 2 is 1.74 bits per heavy atom. The molecule has 0 spiro atoms. The van der Waals surface area contributed by atoms with E-state index in [-0.39, 0.29) is 66.9 Å². The van der Waals surface area contributed by atoms with Gasteiger partial charge in [0.15, 0.2) is 5.82 Å². The second-order valence-electron chi connectivity index (χ2n) is 16.1. The van der Waals surface area contributed by atoms with Gasteiger partial charge in [-0.1, -0.05) is 57.2 Å². The number of nitrogens with one attached hydrogen (secondary N) is 4. The highest BCUT2D eigenvalue weighted by Crippen LogP contribution is 2.39. The number of rotatable bonds is 12. The lowest BCUT2D eigenvalue weighted by molar-refractivity contribution is -0.141. The summed E-state index contributed by atoms with van der Waals surface area (Å²) in [6.45, 7) is 9.42. The summed E-state index contributed by atoms with van der Waals surface area (Å²) in [5.74, 6) is -2.90. The van der Waals surface area contributed by atoms with Crippen LogP contribution in [-0.4, -0.2) is 101 Å². The van der Waals surface area contributed by atoms with E-state index in [2.05, 4.69) is 52.0 Å². The number of carbonyl (C=O) groups excluding carboxylic acids is 5. The Labute approximate surface area is 360 Å². The number of ether oxygens (including phenoxy) is 1. The molecule has 0 fully saturated rings. The Morgan fingerprint density at radius 1 is 1.02 bits per heavy atom. The number of nitriles is 1. The van der Waals surface area contributed by atoms with Crippen molar-refractivity contribution in [2.75, 3.05) is 33.3 Å². The number of hydrogen-bond donors (Lipinski definition) is 7. The normalized spacial score (nSPS) is 17.0. The summed E-state index contributed by atoms with van der Waals surface area (Å²) >= 11 is 0. The minimum atomic E-state index is -1.43. The van der Waals surface area contributed by atoms with Gasteiger partial charge in [0, 0.05) is 42.9 Å². The van der Waals surface area contributed by atoms with Crippen LogP contribution in [0.5, 0.6) is 11.5 Å². The van der Waals surface area contributed by atoms with Gasteiger partial charge < -0.3 is 47.5 Å². The third-order valence-electron chi connectivity index (χ3n) is 10.5. The van der Waals surface area contributed by atoms with E-state index in [0.717, 1.165) is 16.0 Å². The van der Waals surface area contributed by atoms with E-state index in [0.29, 0.717) is 28.4 Å². The van der Waals surface area contributed by atoms with Crippen molar-refractivity contribution < 1.29 is 33.8 Å². The zero-order valence-electron chi connectivity index (χ0n) is 35.7. The van der Waals surface area contributed by atoms with Crippen molar-refractivity contribution in [3.05, 3.63) is 94.8 Å². The van der Waals surface area contributed by atoms with Gasteiger partial charge in [0.05, 0.1) is 17.3 Å². The minimum Gasteiger partial charge on any atom is -0.507 e. The Balaban J connectivity index is 1.51. The molecule has 5 rings (SSSR count). The first-order chi connectivity index (χ1) is 29.5. The molecule has 1 aliphatic rings. The van der Waals surface area contributed by atoms with Crippen LogP contribution in [-0.2, 0) is 31.0 Å². The molecule has 1 aliphatic heterocycles. The van der Waals surface area contributed by atoms with Crippen LogP contribution in [0.4, 0.5) is 0 Å². The molecule has 9 N–H and O–H groups in total. The summed E-state index contributed by atoms with van der Waals surface area (Å²) in [5.41, 5.74) is 15.5. The van der Waals surface area contributed by atoms with Gasteiger partial charge in [-0.2, -0.15) is 5.26 Å². The van der Waals surface area contributed by atoms with Crippen LogP contribution in [0.3, 0.4) is 0 Å². The number of benzene rings is 3. The molecule has 0 saturated heterocycles. The fourth-order valence-corrected chi connectivity index (χ4v) is 7.03. The summed E-state index contributed by atoms with van der Waals surface area (Å²) < 4.78 is 5.94. The van der Waals surface area contributed by atoms with Crippen molar-refractivity contribution in [3.63, 3.8) is 0 Å². The lowest BCUT2D eigenvalue weighted by Crippen LogP contribution is -2.56. The fraction of sp³-hybridized carbons (Fsp3) is 0.378. The number of phenolic OH excluding ortho intramolecular Hbond substituents is 1. The molecule has 0 aliphatic carbocycles. The zero-order chi connectivity index (χ0) is 45.3. The number of phenols is 1. The third-order valence-corrected chi connectivity index (χ3v) is 10.5. The summed E-state index contributed by atoms with van der Waals surface area (Å²) in [5, 5.41) is 30.9. The van der Waals surface area contributed by atoms with E-state index in [4.69, 9.17) is 21.5 Å². The Bertz CT molecular complexity index is 2360. The van der Waals surface area contributed by atoms with Crippen LogP contribution < -0.4 is 37.5 Å². The molecule has 326 valence electrons. The maximum atomic E-state index is 14.5. The number of likely N-dealkylation sites (N-methyl/N-ethyl adjacent to an activating group) is 1. The lowest BCUT2D eigenvalue weighted by atomic mass is 9.87. The molecule has 4 bridgehead atoms. The van der Waals surface area contributed by atoms with Gasteiger partial charge in [0.1, 0.15) is 48.8 Å². The van der Waals surface area contributed by atoms with Crippen LogP contribution in [0, 0.1) is 18.3 Å². The zero-order valence-corrected chi connectivity index (χ0v) is 35.7. The van der Waals surface area contributed by atoms with E-state index >= 15 is 0 Å². The van der Waals surface area contributed by atoms with Crippen LogP contribution in [0.15, 0.2) is 66.9 Å². The van der Waals surface area contributed by atoms with Gasteiger partial charge in [-0.05, 0) is 73.2 Å². The van der Waals surface area contributed by atoms with E-state index < -0.39 is 53.7 Å². The molecule has 62 heavy (non-hydrogen) atoms. The van der Waals surface area contributed by atoms with Crippen LogP contribution >= 0.6 is 0 Å². The molecule has 0 radical (unpaired) electrons. The van der Waals surface area contributed by atoms with Gasteiger partial charge in [-0.3, -0.25) is 24.0 Å². The van der Waals surface area contributed by atoms with Crippen LogP contribution in [0.2, 0.25) is 0 Å². The Hall–Kier alpha value is -6.90. The van der Waals surface area contributed by atoms with Crippen LogP contribution in [0.25, 0.3) is 22.5 Å². The highest BCUT2D eigenvalue weighted by Gasteiger charge is 2.36. The van der Waals surface area contributed by atoms with Crippen molar-refractivity contribution in [1.82, 2.24) is 36.1 Å². The maximum absolute atomic E-state index is 14.5. The molecular formula is C45H54N10O7. The third kappa shape index (κ3) is 10.9. The summed E-state index contributed by atoms with van der Waals surface area (Å²) in [7, 11) is 1.38. The van der Waals surface area contributed by atoms with Crippen LogP contribution in [0.1, 0.15) is 72.9 Å². The highest BCUT2D eigenvalue weighted by molar-refractivity contribution is 6.00. The molecule has 1 aromatic heterocycles. The highest BCUT2D eigenvalue weighted by atomic mass is 16.5. The van der Waals surface area contributed by atoms with Crippen molar-refractivity contribution in [3.8, 4) is 40.1 Å². The maximum Gasteiger partial charge on any atom is 0.255 e. The van der Waals surface area contributed by atoms with Gasteiger partial charge >= 0.3 is 0 Å². The summed E-state index contributed by atoms with van der Waals surface area (Å²) in [6, 6.07) is 14.0. The van der Waals surface area contributed by atoms with E-state index in [1.54, 1.807) is 25.1 Å². The minimum absolute atomic E-state index is 0.00797. The van der Waals surface area contributed by atoms with Crippen molar-refractivity contribution in [2.24, 2.45) is 11.5 Å². The largest absolute Gasteiger partial charge is 0.507 e. The molecule has 4 unspecified atom stereocenters. The average Bonchev–Trinajstić information content (AvgIpc) is 3.24. The monoisotopic (exact) mass is 846 g/mol. The SMILES string of the molecule is Cc1nc(-c2ccc(C(C)(C)C)cc2)ncc1C(=O)NC(CCN)C(=O)N(C)C1C(=O)NC(C)C(=O)NC(C(=O)NCC#N)Cc2ccc(OCCN)c(c2)-c2cc1ccc2O. The fourth-order valence-electron chi connectivity index (χ4n) is 7.03. The average molecular weight is 847 g/mol. The number of aryl methyl sites for hydroxylation is 1. The van der Waals surface area contributed by atoms with Gasteiger partial charge in [-0.25, -0.2) is 9.97 Å².